The summed E-state index contributed by atoms with van der Waals surface area (Å²) in [6.07, 6.45) is 0. The second kappa shape index (κ2) is 9.92. The largest absolute Gasteiger partial charge is 0.494 e. The molecular formula is C34H31BN2O2. The van der Waals surface area contributed by atoms with Crippen molar-refractivity contribution in [2.45, 2.75) is 38.9 Å². The summed E-state index contributed by atoms with van der Waals surface area (Å²) < 4.78 is 12.7. The average Bonchev–Trinajstić information content (AvgIpc) is 3.20. The van der Waals surface area contributed by atoms with Gasteiger partial charge in [0.2, 0.25) is 0 Å². The van der Waals surface area contributed by atoms with Crippen LogP contribution in [-0.2, 0) is 9.31 Å². The van der Waals surface area contributed by atoms with Gasteiger partial charge in [-0.05, 0) is 33.2 Å². The van der Waals surface area contributed by atoms with Gasteiger partial charge < -0.3 is 9.31 Å². The minimum Gasteiger partial charge on any atom is -0.399 e. The van der Waals surface area contributed by atoms with Gasteiger partial charge in [-0.25, -0.2) is 9.97 Å². The van der Waals surface area contributed by atoms with Crippen molar-refractivity contribution in [1.29, 1.82) is 0 Å². The molecule has 0 spiro atoms. The van der Waals surface area contributed by atoms with E-state index in [0.717, 1.165) is 50.5 Å². The molecule has 6 rings (SSSR count). The van der Waals surface area contributed by atoms with Gasteiger partial charge in [-0.15, -0.1) is 0 Å². The van der Waals surface area contributed by atoms with E-state index in [2.05, 4.69) is 82.3 Å². The number of hydrogen-bond donors (Lipinski definition) is 0. The summed E-state index contributed by atoms with van der Waals surface area (Å²) in [6.45, 7) is 8.29. The van der Waals surface area contributed by atoms with E-state index in [9.17, 15) is 0 Å². The molecule has 39 heavy (non-hydrogen) atoms. The monoisotopic (exact) mass is 510 g/mol. The zero-order valence-corrected chi connectivity index (χ0v) is 22.8. The molecule has 0 amide bonds. The molecule has 0 atom stereocenters. The van der Waals surface area contributed by atoms with Crippen LogP contribution < -0.4 is 5.46 Å². The Morgan fingerprint density at radius 2 is 0.821 bits per heavy atom. The second-order valence-electron chi connectivity index (χ2n) is 10.9. The van der Waals surface area contributed by atoms with Gasteiger partial charge in [-0.1, -0.05) is 115 Å². The first-order valence-electron chi connectivity index (χ1n) is 13.4. The third-order valence-electron chi connectivity index (χ3n) is 7.72. The predicted octanol–water partition coefficient (Wildman–Crippen LogP) is 7.44. The highest BCUT2D eigenvalue weighted by Crippen LogP contribution is 2.39. The fraction of sp³-hybridized carbons (Fsp3) is 0.176. The van der Waals surface area contributed by atoms with Gasteiger partial charge in [-0.2, -0.15) is 0 Å². The summed E-state index contributed by atoms with van der Waals surface area (Å²) in [6, 6.07) is 39.1. The van der Waals surface area contributed by atoms with Crippen LogP contribution >= 0.6 is 0 Å². The molecule has 0 aliphatic carbocycles. The summed E-state index contributed by atoms with van der Waals surface area (Å²) in [5.41, 5.74) is 7.50. The molecule has 5 heteroatoms. The molecule has 0 saturated carbocycles. The maximum absolute atomic E-state index is 6.37. The van der Waals surface area contributed by atoms with Crippen LogP contribution in [0.3, 0.4) is 0 Å². The minimum atomic E-state index is -0.458. The van der Waals surface area contributed by atoms with Crippen LogP contribution in [0.4, 0.5) is 0 Å². The van der Waals surface area contributed by atoms with Crippen molar-refractivity contribution >= 4 is 12.6 Å². The Morgan fingerprint density at radius 3 is 1.23 bits per heavy atom. The van der Waals surface area contributed by atoms with Gasteiger partial charge in [0.1, 0.15) is 0 Å². The van der Waals surface area contributed by atoms with Gasteiger partial charge in [0.25, 0.3) is 0 Å². The molecule has 4 aromatic carbocycles. The van der Waals surface area contributed by atoms with Crippen LogP contribution in [0.15, 0.2) is 115 Å². The van der Waals surface area contributed by atoms with Crippen molar-refractivity contribution in [3.8, 4) is 45.0 Å². The van der Waals surface area contributed by atoms with E-state index in [1.807, 2.05) is 60.7 Å². The van der Waals surface area contributed by atoms with Crippen molar-refractivity contribution in [3.63, 3.8) is 0 Å². The van der Waals surface area contributed by atoms with Gasteiger partial charge in [-0.3, -0.25) is 0 Å². The third-order valence-corrected chi connectivity index (χ3v) is 7.72. The molecule has 1 aliphatic rings. The van der Waals surface area contributed by atoms with Crippen molar-refractivity contribution in [2.75, 3.05) is 0 Å². The SMILES string of the molecule is CC1(C)OB(c2cccc(-c3nc(-c4ccccc4)c(-c4ccccc4)nc3-c3ccccc3)c2)OC1(C)C. The van der Waals surface area contributed by atoms with Gasteiger partial charge >= 0.3 is 7.12 Å². The number of hydrogen-bond acceptors (Lipinski definition) is 4. The zero-order chi connectivity index (χ0) is 27.0. The van der Waals surface area contributed by atoms with E-state index in [4.69, 9.17) is 19.3 Å². The Hall–Kier alpha value is -4.06. The summed E-state index contributed by atoms with van der Waals surface area (Å²) in [5, 5.41) is 0. The van der Waals surface area contributed by atoms with Crippen LogP contribution in [-0.4, -0.2) is 28.3 Å². The highest BCUT2D eigenvalue weighted by molar-refractivity contribution is 6.62. The van der Waals surface area contributed by atoms with Gasteiger partial charge in [0.05, 0.1) is 34.0 Å². The quantitative estimate of drug-likeness (QED) is 0.231. The maximum Gasteiger partial charge on any atom is 0.494 e. The Labute approximate surface area is 230 Å². The summed E-state index contributed by atoms with van der Waals surface area (Å²) in [5.74, 6) is 0. The smallest absolute Gasteiger partial charge is 0.399 e. The fourth-order valence-corrected chi connectivity index (χ4v) is 4.84. The second-order valence-corrected chi connectivity index (χ2v) is 10.9. The molecule has 2 heterocycles. The van der Waals surface area contributed by atoms with E-state index < -0.39 is 18.3 Å². The summed E-state index contributed by atoms with van der Waals surface area (Å²) in [4.78, 5) is 10.7. The summed E-state index contributed by atoms with van der Waals surface area (Å²) >= 11 is 0. The first kappa shape index (κ1) is 25.2. The molecule has 1 aromatic heterocycles. The zero-order valence-electron chi connectivity index (χ0n) is 22.8. The lowest BCUT2D eigenvalue weighted by atomic mass is 9.78. The highest BCUT2D eigenvalue weighted by Gasteiger charge is 2.51. The number of rotatable bonds is 5. The van der Waals surface area contributed by atoms with Gasteiger partial charge in [0, 0.05) is 22.3 Å². The number of benzene rings is 4. The van der Waals surface area contributed by atoms with Gasteiger partial charge in [0.15, 0.2) is 0 Å². The lowest BCUT2D eigenvalue weighted by Crippen LogP contribution is -2.41. The molecular weight excluding hydrogens is 479 g/mol. The van der Waals surface area contributed by atoms with E-state index in [-0.39, 0.29) is 0 Å². The molecule has 0 N–H and O–H groups in total. The lowest BCUT2D eigenvalue weighted by molar-refractivity contribution is 0.00578. The standard InChI is InChI=1S/C34H31BN2O2/c1-33(2)34(3,4)39-35(38-33)28-22-14-21-27(23-28)32-31(26-19-12-7-13-20-26)36-29(24-15-8-5-9-16-24)30(37-32)25-17-10-6-11-18-25/h5-23H,1-4H3. The van der Waals surface area contributed by atoms with Crippen LogP contribution in [0.2, 0.25) is 0 Å². The van der Waals surface area contributed by atoms with Crippen molar-refractivity contribution in [3.05, 3.63) is 115 Å². The van der Waals surface area contributed by atoms with Crippen molar-refractivity contribution in [1.82, 2.24) is 9.97 Å². The van der Waals surface area contributed by atoms with E-state index >= 15 is 0 Å². The lowest BCUT2D eigenvalue weighted by Gasteiger charge is -2.32. The van der Waals surface area contributed by atoms with Crippen LogP contribution in [0.5, 0.6) is 0 Å². The Morgan fingerprint density at radius 1 is 0.462 bits per heavy atom. The third kappa shape index (κ3) is 4.80. The predicted molar refractivity (Wildman–Crippen MR) is 159 cm³/mol. The molecule has 5 aromatic rings. The van der Waals surface area contributed by atoms with Crippen LogP contribution in [0, 0.1) is 0 Å². The minimum absolute atomic E-state index is 0.416. The van der Waals surface area contributed by atoms with Crippen molar-refractivity contribution < 1.29 is 9.31 Å². The Kier molecular flexibility index (Phi) is 6.42. The molecule has 0 radical (unpaired) electrons. The average molecular weight is 510 g/mol. The fourth-order valence-electron chi connectivity index (χ4n) is 4.84. The molecule has 192 valence electrons. The normalized spacial score (nSPS) is 15.8. The number of aromatic nitrogens is 2. The van der Waals surface area contributed by atoms with Crippen LogP contribution in [0.1, 0.15) is 27.7 Å². The Bertz CT molecular complexity index is 1590. The molecule has 1 aliphatic heterocycles. The molecule has 0 unspecified atom stereocenters. The molecule has 1 saturated heterocycles. The topological polar surface area (TPSA) is 44.2 Å². The van der Waals surface area contributed by atoms with E-state index in [1.54, 1.807) is 0 Å². The first-order chi connectivity index (χ1) is 18.8. The van der Waals surface area contributed by atoms with Crippen molar-refractivity contribution in [2.24, 2.45) is 0 Å². The first-order valence-corrected chi connectivity index (χ1v) is 13.4. The summed E-state index contributed by atoms with van der Waals surface area (Å²) in [7, 11) is -0.458. The number of nitrogens with zero attached hydrogens (tertiary/aromatic N) is 2. The van der Waals surface area contributed by atoms with E-state index in [0.29, 0.717) is 0 Å². The van der Waals surface area contributed by atoms with Crippen LogP contribution in [0.25, 0.3) is 45.0 Å². The molecule has 0 bridgehead atoms. The highest BCUT2D eigenvalue weighted by atomic mass is 16.7. The molecule has 4 nitrogen and oxygen atoms in total. The maximum atomic E-state index is 6.37. The Balaban J connectivity index is 1.57. The molecule has 1 fully saturated rings. The van der Waals surface area contributed by atoms with E-state index in [1.165, 1.54) is 0 Å².